The van der Waals surface area contributed by atoms with Crippen molar-refractivity contribution in [1.82, 2.24) is 15.2 Å². The molecular weight excluding hydrogens is 256 g/mol. The van der Waals surface area contributed by atoms with Gasteiger partial charge in [-0.3, -0.25) is 9.59 Å². The summed E-state index contributed by atoms with van der Waals surface area (Å²) in [4.78, 5) is 29.6. The summed E-state index contributed by atoms with van der Waals surface area (Å²) in [5, 5.41) is 2.73. The Labute approximate surface area is 117 Å². The molecule has 1 aliphatic heterocycles. The summed E-state index contributed by atoms with van der Waals surface area (Å²) in [6.45, 7) is 1.39. The largest absolute Gasteiger partial charge is 0.354 e. The highest BCUT2D eigenvalue weighted by molar-refractivity contribution is 5.97. The fourth-order valence-electron chi connectivity index (χ4n) is 1.95. The van der Waals surface area contributed by atoms with E-state index in [4.69, 9.17) is 5.73 Å². The highest BCUT2D eigenvalue weighted by Gasteiger charge is 2.23. The Morgan fingerprint density at radius 2 is 2.40 bits per heavy atom. The molecule has 20 heavy (non-hydrogen) atoms. The molecule has 1 fully saturated rings. The third-order valence-corrected chi connectivity index (χ3v) is 2.88. The summed E-state index contributed by atoms with van der Waals surface area (Å²) >= 11 is 0. The van der Waals surface area contributed by atoms with Crippen LogP contribution in [0.3, 0.4) is 0 Å². The van der Waals surface area contributed by atoms with Crippen LogP contribution in [0.15, 0.2) is 18.3 Å². The predicted octanol–water partition coefficient (Wildman–Crippen LogP) is -0.646. The van der Waals surface area contributed by atoms with E-state index in [0.717, 1.165) is 6.42 Å². The molecule has 0 atom stereocenters. The predicted molar refractivity (Wildman–Crippen MR) is 73.7 cm³/mol. The summed E-state index contributed by atoms with van der Waals surface area (Å²) < 4.78 is 0. The van der Waals surface area contributed by atoms with E-state index in [1.54, 1.807) is 18.3 Å². The number of carbonyl (C=O) groups is 2. The topological polar surface area (TPSA) is 88.3 Å². The number of nitrogens with zero attached hydrogens (tertiary/aromatic N) is 2. The van der Waals surface area contributed by atoms with Crippen molar-refractivity contribution < 1.29 is 9.59 Å². The number of hydrogen-bond acceptors (Lipinski definition) is 4. The fraction of sp³-hybridized carbons (Fsp3) is 0.357. The number of carbonyl (C=O) groups excluding carboxylic acids is 2. The normalized spacial score (nSPS) is 14.8. The first-order valence-electron chi connectivity index (χ1n) is 6.42. The van der Waals surface area contributed by atoms with E-state index in [9.17, 15) is 9.59 Å². The van der Waals surface area contributed by atoms with Gasteiger partial charge < -0.3 is 16.0 Å². The van der Waals surface area contributed by atoms with Crippen LogP contribution in [0.1, 0.15) is 22.5 Å². The summed E-state index contributed by atoms with van der Waals surface area (Å²) in [7, 11) is 0. The molecule has 1 aromatic heterocycles. The van der Waals surface area contributed by atoms with Gasteiger partial charge in [-0.25, -0.2) is 4.98 Å². The van der Waals surface area contributed by atoms with Crippen LogP contribution in [0, 0.1) is 11.8 Å². The molecule has 2 amide bonds. The second-order valence-corrected chi connectivity index (χ2v) is 4.34. The van der Waals surface area contributed by atoms with Gasteiger partial charge in [-0.15, -0.1) is 0 Å². The summed E-state index contributed by atoms with van der Waals surface area (Å²) in [6, 6.07) is 3.44. The van der Waals surface area contributed by atoms with Gasteiger partial charge in [0, 0.05) is 19.3 Å². The number of rotatable bonds is 1. The van der Waals surface area contributed by atoms with Crippen LogP contribution in [0.5, 0.6) is 0 Å². The van der Waals surface area contributed by atoms with Crippen LogP contribution in [-0.4, -0.2) is 47.9 Å². The quantitative estimate of drug-likeness (QED) is 0.665. The van der Waals surface area contributed by atoms with Crippen LogP contribution in [0.25, 0.3) is 0 Å². The van der Waals surface area contributed by atoms with E-state index in [1.807, 2.05) is 0 Å². The summed E-state index contributed by atoms with van der Waals surface area (Å²) in [5.74, 6) is 5.12. The second-order valence-electron chi connectivity index (χ2n) is 4.34. The monoisotopic (exact) mass is 272 g/mol. The van der Waals surface area contributed by atoms with Crippen LogP contribution < -0.4 is 11.1 Å². The van der Waals surface area contributed by atoms with E-state index >= 15 is 0 Å². The third kappa shape index (κ3) is 3.33. The number of hydrogen-bond donors (Lipinski definition) is 2. The lowest BCUT2D eigenvalue weighted by Crippen LogP contribution is -2.38. The number of amides is 2. The molecule has 0 radical (unpaired) electrons. The van der Waals surface area contributed by atoms with E-state index in [1.165, 1.54) is 4.90 Å². The smallest absolute Gasteiger partial charge is 0.274 e. The minimum Gasteiger partial charge on any atom is -0.354 e. The van der Waals surface area contributed by atoms with Crippen molar-refractivity contribution >= 4 is 11.8 Å². The number of aromatic nitrogens is 1. The molecule has 0 bridgehead atoms. The molecule has 1 saturated heterocycles. The highest BCUT2D eigenvalue weighted by atomic mass is 16.2. The number of pyridine rings is 1. The van der Waals surface area contributed by atoms with Gasteiger partial charge in [0.25, 0.3) is 5.91 Å². The van der Waals surface area contributed by atoms with E-state index in [-0.39, 0.29) is 30.6 Å². The van der Waals surface area contributed by atoms with Crippen molar-refractivity contribution in [3.8, 4) is 11.8 Å². The maximum Gasteiger partial charge on any atom is 0.274 e. The minimum atomic E-state index is -0.274. The zero-order chi connectivity index (χ0) is 14.4. The van der Waals surface area contributed by atoms with Crippen molar-refractivity contribution in [1.29, 1.82) is 0 Å². The molecule has 2 heterocycles. The first kappa shape index (κ1) is 14.0. The van der Waals surface area contributed by atoms with E-state index in [2.05, 4.69) is 22.1 Å². The molecule has 0 aliphatic carbocycles. The van der Waals surface area contributed by atoms with Crippen LogP contribution in [0.2, 0.25) is 0 Å². The Kier molecular flexibility index (Phi) is 4.69. The lowest BCUT2D eigenvalue weighted by Gasteiger charge is -2.18. The molecule has 1 aliphatic rings. The summed E-state index contributed by atoms with van der Waals surface area (Å²) in [6.07, 6.45) is 2.27. The third-order valence-electron chi connectivity index (χ3n) is 2.88. The molecule has 0 aromatic carbocycles. The number of nitrogens with one attached hydrogen (secondary N) is 1. The average molecular weight is 272 g/mol. The van der Waals surface area contributed by atoms with Gasteiger partial charge in [0.2, 0.25) is 5.91 Å². The SMILES string of the molecule is NCC#Cc1cccnc1C(=O)N1CCCNC(=O)C1. The van der Waals surface area contributed by atoms with Gasteiger partial charge in [-0.2, -0.15) is 0 Å². The summed E-state index contributed by atoms with van der Waals surface area (Å²) in [5.41, 5.74) is 6.14. The molecule has 0 unspecified atom stereocenters. The number of nitrogens with two attached hydrogens (primary N) is 1. The van der Waals surface area contributed by atoms with E-state index < -0.39 is 0 Å². The fourth-order valence-corrected chi connectivity index (χ4v) is 1.95. The van der Waals surface area contributed by atoms with Crippen LogP contribution >= 0.6 is 0 Å². The van der Waals surface area contributed by atoms with Gasteiger partial charge in [0.05, 0.1) is 18.7 Å². The zero-order valence-electron chi connectivity index (χ0n) is 11.1. The zero-order valence-corrected chi connectivity index (χ0v) is 11.1. The Hall–Kier alpha value is -2.39. The molecule has 3 N–H and O–H groups in total. The Balaban J connectivity index is 2.26. The minimum absolute atomic E-state index is 0.0547. The van der Waals surface area contributed by atoms with Crippen LogP contribution in [0.4, 0.5) is 0 Å². The van der Waals surface area contributed by atoms with Gasteiger partial charge >= 0.3 is 0 Å². The van der Waals surface area contributed by atoms with Crippen molar-refractivity contribution in [2.75, 3.05) is 26.2 Å². The first-order chi connectivity index (χ1) is 9.72. The molecule has 6 heteroatoms. The molecular formula is C14H16N4O2. The lowest BCUT2D eigenvalue weighted by molar-refractivity contribution is -0.121. The first-order valence-corrected chi connectivity index (χ1v) is 6.42. The Bertz CT molecular complexity index is 574. The molecule has 104 valence electrons. The van der Waals surface area contributed by atoms with Crippen molar-refractivity contribution in [3.63, 3.8) is 0 Å². The van der Waals surface area contributed by atoms with Gasteiger partial charge in [0.15, 0.2) is 0 Å². The van der Waals surface area contributed by atoms with Crippen molar-refractivity contribution in [2.45, 2.75) is 6.42 Å². The Morgan fingerprint density at radius 3 is 3.20 bits per heavy atom. The highest BCUT2D eigenvalue weighted by Crippen LogP contribution is 2.09. The standard InChI is InChI=1S/C14H16N4O2/c15-6-1-4-11-5-2-7-17-13(11)14(20)18-9-3-8-16-12(19)10-18/h2,5,7H,3,6,8-10,15H2,(H,16,19). The molecule has 0 spiro atoms. The maximum atomic E-state index is 12.5. The van der Waals surface area contributed by atoms with Crippen LogP contribution in [-0.2, 0) is 4.79 Å². The average Bonchev–Trinajstić information content (AvgIpc) is 2.69. The second kappa shape index (κ2) is 6.68. The van der Waals surface area contributed by atoms with Crippen molar-refractivity contribution in [2.24, 2.45) is 5.73 Å². The van der Waals surface area contributed by atoms with Crippen molar-refractivity contribution in [3.05, 3.63) is 29.6 Å². The maximum absolute atomic E-state index is 12.5. The molecule has 2 rings (SSSR count). The Morgan fingerprint density at radius 1 is 1.55 bits per heavy atom. The molecule has 6 nitrogen and oxygen atoms in total. The lowest BCUT2D eigenvalue weighted by atomic mass is 10.1. The van der Waals surface area contributed by atoms with Gasteiger partial charge in [0.1, 0.15) is 5.69 Å². The van der Waals surface area contributed by atoms with Gasteiger partial charge in [-0.05, 0) is 18.6 Å². The molecule has 0 saturated carbocycles. The molecule has 1 aromatic rings. The van der Waals surface area contributed by atoms with E-state index in [0.29, 0.717) is 18.7 Å². The van der Waals surface area contributed by atoms with Gasteiger partial charge in [-0.1, -0.05) is 11.8 Å².